The molecule has 1 fully saturated rings. The quantitative estimate of drug-likeness (QED) is 0.930. The standard InChI is InChI=1S/C14H20BrNO2/c1-3-12-9-16(6-7-18-12)14-5-4-11(15)8-13(14)10(2)17/h4-5,8,10,12,17H,3,6-7,9H2,1-2H3. The van der Waals surface area contributed by atoms with Crippen molar-refractivity contribution >= 4 is 21.6 Å². The predicted molar refractivity (Wildman–Crippen MR) is 77.0 cm³/mol. The second kappa shape index (κ2) is 6.04. The van der Waals surface area contributed by atoms with Crippen molar-refractivity contribution in [1.82, 2.24) is 0 Å². The summed E-state index contributed by atoms with van der Waals surface area (Å²) in [6.45, 7) is 6.50. The third-order valence-corrected chi connectivity index (χ3v) is 3.87. The van der Waals surface area contributed by atoms with E-state index >= 15 is 0 Å². The van der Waals surface area contributed by atoms with Crippen LogP contribution in [0, 0.1) is 0 Å². The molecule has 1 saturated heterocycles. The summed E-state index contributed by atoms with van der Waals surface area (Å²) in [5.41, 5.74) is 2.09. The molecule has 18 heavy (non-hydrogen) atoms. The fraction of sp³-hybridized carbons (Fsp3) is 0.571. The van der Waals surface area contributed by atoms with Crippen molar-refractivity contribution in [1.29, 1.82) is 0 Å². The van der Waals surface area contributed by atoms with Gasteiger partial charge in [-0.2, -0.15) is 0 Å². The normalized spacial score (nSPS) is 22.0. The molecule has 0 aromatic heterocycles. The first kappa shape index (κ1) is 13.8. The highest BCUT2D eigenvalue weighted by molar-refractivity contribution is 9.10. The minimum atomic E-state index is -0.458. The first-order valence-corrected chi connectivity index (χ1v) is 7.25. The maximum atomic E-state index is 9.90. The Labute approximate surface area is 117 Å². The Morgan fingerprint density at radius 2 is 2.33 bits per heavy atom. The number of aliphatic hydroxyl groups excluding tert-OH is 1. The van der Waals surface area contributed by atoms with Gasteiger partial charge in [-0.1, -0.05) is 22.9 Å². The largest absolute Gasteiger partial charge is 0.389 e. The summed E-state index contributed by atoms with van der Waals surface area (Å²) in [5.74, 6) is 0. The lowest BCUT2D eigenvalue weighted by molar-refractivity contribution is 0.0382. The minimum Gasteiger partial charge on any atom is -0.389 e. The molecule has 0 saturated carbocycles. The van der Waals surface area contributed by atoms with Gasteiger partial charge in [0.1, 0.15) is 0 Å². The average molecular weight is 314 g/mol. The number of hydrogen-bond acceptors (Lipinski definition) is 3. The van der Waals surface area contributed by atoms with Crippen LogP contribution in [0.2, 0.25) is 0 Å². The molecule has 0 amide bonds. The Morgan fingerprint density at radius 1 is 1.56 bits per heavy atom. The number of ether oxygens (including phenoxy) is 1. The van der Waals surface area contributed by atoms with Crippen molar-refractivity contribution in [3.8, 4) is 0 Å². The molecule has 1 aromatic carbocycles. The van der Waals surface area contributed by atoms with E-state index in [0.717, 1.165) is 41.8 Å². The molecular formula is C14H20BrNO2. The van der Waals surface area contributed by atoms with E-state index in [1.54, 1.807) is 0 Å². The molecule has 100 valence electrons. The number of benzene rings is 1. The number of morpholine rings is 1. The van der Waals surface area contributed by atoms with Gasteiger partial charge in [-0.15, -0.1) is 0 Å². The SMILES string of the molecule is CCC1CN(c2ccc(Br)cc2C(C)O)CCO1. The summed E-state index contributed by atoms with van der Waals surface area (Å²) < 4.78 is 6.69. The molecule has 0 spiro atoms. The Kier molecular flexibility index (Phi) is 4.65. The van der Waals surface area contributed by atoms with Crippen LogP contribution in [0.5, 0.6) is 0 Å². The molecule has 2 atom stereocenters. The van der Waals surface area contributed by atoms with E-state index in [2.05, 4.69) is 33.8 Å². The van der Waals surface area contributed by atoms with Crippen molar-refractivity contribution in [3.05, 3.63) is 28.2 Å². The predicted octanol–water partition coefficient (Wildman–Crippen LogP) is 3.12. The molecule has 0 bridgehead atoms. The molecule has 2 unspecified atom stereocenters. The first-order valence-electron chi connectivity index (χ1n) is 6.46. The molecular weight excluding hydrogens is 294 g/mol. The first-order chi connectivity index (χ1) is 8.61. The Bertz CT molecular complexity index is 409. The van der Waals surface area contributed by atoms with Crippen molar-refractivity contribution < 1.29 is 9.84 Å². The monoisotopic (exact) mass is 313 g/mol. The van der Waals surface area contributed by atoms with Crippen molar-refractivity contribution in [2.45, 2.75) is 32.5 Å². The number of hydrogen-bond donors (Lipinski definition) is 1. The van der Waals surface area contributed by atoms with E-state index in [4.69, 9.17) is 4.74 Å². The van der Waals surface area contributed by atoms with Gasteiger partial charge in [0, 0.05) is 28.8 Å². The summed E-state index contributed by atoms with van der Waals surface area (Å²) in [7, 11) is 0. The van der Waals surface area contributed by atoms with Gasteiger partial charge in [0.15, 0.2) is 0 Å². The van der Waals surface area contributed by atoms with Crippen molar-refractivity contribution in [3.63, 3.8) is 0 Å². The van der Waals surface area contributed by atoms with Gasteiger partial charge in [-0.25, -0.2) is 0 Å². The van der Waals surface area contributed by atoms with Crippen LogP contribution in [0.15, 0.2) is 22.7 Å². The lowest BCUT2D eigenvalue weighted by Crippen LogP contribution is -2.42. The van der Waals surface area contributed by atoms with Crippen LogP contribution in [-0.2, 0) is 4.74 Å². The molecule has 0 aliphatic carbocycles. The summed E-state index contributed by atoms with van der Waals surface area (Å²) in [6.07, 6.45) is 0.862. The van der Waals surface area contributed by atoms with Crippen LogP contribution in [0.3, 0.4) is 0 Å². The molecule has 1 heterocycles. The second-order valence-electron chi connectivity index (χ2n) is 4.73. The maximum Gasteiger partial charge on any atom is 0.0782 e. The zero-order chi connectivity index (χ0) is 13.1. The van der Waals surface area contributed by atoms with Gasteiger partial charge < -0.3 is 14.7 Å². The highest BCUT2D eigenvalue weighted by Gasteiger charge is 2.22. The highest BCUT2D eigenvalue weighted by Crippen LogP contribution is 2.30. The summed E-state index contributed by atoms with van der Waals surface area (Å²) in [5, 5.41) is 9.90. The van der Waals surface area contributed by atoms with Crippen LogP contribution in [-0.4, -0.2) is 30.9 Å². The summed E-state index contributed by atoms with van der Waals surface area (Å²) in [6, 6.07) is 6.10. The summed E-state index contributed by atoms with van der Waals surface area (Å²) >= 11 is 3.46. The molecule has 1 N–H and O–H groups in total. The lowest BCUT2D eigenvalue weighted by atomic mass is 10.1. The zero-order valence-corrected chi connectivity index (χ0v) is 12.5. The molecule has 2 rings (SSSR count). The Hall–Kier alpha value is -0.580. The van der Waals surface area contributed by atoms with Gasteiger partial charge >= 0.3 is 0 Å². The van der Waals surface area contributed by atoms with Crippen LogP contribution >= 0.6 is 15.9 Å². The number of nitrogens with zero attached hydrogens (tertiary/aromatic N) is 1. The average Bonchev–Trinajstić information content (AvgIpc) is 2.38. The van der Waals surface area contributed by atoms with Gasteiger partial charge in [0.05, 0.1) is 18.8 Å². The van der Waals surface area contributed by atoms with E-state index < -0.39 is 6.10 Å². The minimum absolute atomic E-state index is 0.296. The molecule has 3 nitrogen and oxygen atoms in total. The van der Waals surface area contributed by atoms with Crippen LogP contribution in [0.25, 0.3) is 0 Å². The van der Waals surface area contributed by atoms with Gasteiger partial charge in [-0.3, -0.25) is 0 Å². The van der Waals surface area contributed by atoms with Crippen LogP contribution in [0.4, 0.5) is 5.69 Å². The van der Waals surface area contributed by atoms with E-state index in [9.17, 15) is 5.11 Å². The van der Waals surface area contributed by atoms with Gasteiger partial charge in [0.25, 0.3) is 0 Å². The van der Waals surface area contributed by atoms with E-state index in [0.29, 0.717) is 6.10 Å². The molecule has 1 aliphatic rings. The number of anilines is 1. The molecule has 4 heteroatoms. The highest BCUT2D eigenvalue weighted by atomic mass is 79.9. The van der Waals surface area contributed by atoms with Crippen LogP contribution < -0.4 is 4.90 Å². The van der Waals surface area contributed by atoms with Crippen molar-refractivity contribution in [2.24, 2.45) is 0 Å². The number of aliphatic hydroxyl groups is 1. The topological polar surface area (TPSA) is 32.7 Å². The number of rotatable bonds is 3. The third-order valence-electron chi connectivity index (χ3n) is 3.37. The number of halogens is 1. The summed E-state index contributed by atoms with van der Waals surface area (Å²) in [4.78, 5) is 2.31. The zero-order valence-electron chi connectivity index (χ0n) is 10.9. The fourth-order valence-corrected chi connectivity index (χ4v) is 2.71. The Morgan fingerprint density at radius 3 is 3.00 bits per heavy atom. The van der Waals surface area contributed by atoms with E-state index in [1.165, 1.54) is 0 Å². The lowest BCUT2D eigenvalue weighted by Gasteiger charge is -2.35. The molecule has 1 aliphatic heterocycles. The van der Waals surface area contributed by atoms with Gasteiger partial charge in [0.2, 0.25) is 0 Å². The molecule has 0 radical (unpaired) electrons. The smallest absolute Gasteiger partial charge is 0.0782 e. The van der Waals surface area contributed by atoms with Crippen molar-refractivity contribution in [2.75, 3.05) is 24.6 Å². The van der Waals surface area contributed by atoms with E-state index in [1.807, 2.05) is 19.1 Å². The van der Waals surface area contributed by atoms with Gasteiger partial charge in [-0.05, 0) is 31.5 Å². The molecule has 1 aromatic rings. The maximum absolute atomic E-state index is 9.90. The third kappa shape index (κ3) is 3.05. The fourth-order valence-electron chi connectivity index (χ4n) is 2.33. The Balaban J connectivity index is 2.26. The van der Waals surface area contributed by atoms with Crippen LogP contribution in [0.1, 0.15) is 31.9 Å². The second-order valence-corrected chi connectivity index (χ2v) is 5.64. The van der Waals surface area contributed by atoms with E-state index in [-0.39, 0.29) is 0 Å².